The Balaban J connectivity index is 2.92. The van der Waals surface area contributed by atoms with E-state index in [2.05, 4.69) is 25.7 Å². The van der Waals surface area contributed by atoms with E-state index in [1.165, 1.54) is 12.2 Å². The van der Waals surface area contributed by atoms with Crippen LogP contribution in [-0.4, -0.2) is 35.6 Å². The second-order valence-corrected chi connectivity index (χ2v) is 4.82. The highest BCUT2D eigenvalue weighted by Crippen LogP contribution is 2.21. The molecule has 0 saturated heterocycles. The molecule has 0 spiro atoms. The first-order valence-electron chi connectivity index (χ1n) is 7.04. The Morgan fingerprint density at radius 1 is 1.11 bits per heavy atom. The van der Waals surface area contributed by atoms with Crippen molar-refractivity contribution in [1.82, 2.24) is 4.90 Å². The summed E-state index contributed by atoms with van der Waals surface area (Å²) in [6.45, 7) is 8.22. The van der Waals surface area contributed by atoms with Crippen molar-refractivity contribution in [2.45, 2.75) is 46.1 Å². The summed E-state index contributed by atoms with van der Waals surface area (Å²) in [5.74, 6) is -0.366. The van der Waals surface area contributed by atoms with Crippen LogP contribution >= 0.6 is 0 Å². The van der Waals surface area contributed by atoms with Gasteiger partial charge in [-0.15, -0.1) is 0 Å². The highest BCUT2D eigenvalue weighted by Gasteiger charge is 2.25. The highest BCUT2D eigenvalue weighted by molar-refractivity contribution is 6.19. The molecule has 19 heavy (non-hydrogen) atoms. The van der Waals surface area contributed by atoms with Gasteiger partial charge in [0.25, 0.3) is 0 Å². The zero-order valence-electron chi connectivity index (χ0n) is 12.1. The van der Waals surface area contributed by atoms with E-state index in [0.29, 0.717) is 12.0 Å². The van der Waals surface area contributed by atoms with Gasteiger partial charge in [0.2, 0.25) is 5.78 Å². The lowest BCUT2D eigenvalue weighted by molar-refractivity contribution is -0.115. The van der Waals surface area contributed by atoms with Crippen molar-refractivity contribution in [2.24, 2.45) is 5.73 Å². The van der Waals surface area contributed by atoms with Crippen molar-refractivity contribution in [3.05, 3.63) is 23.4 Å². The third-order valence-corrected chi connectivity index (χ3v) is 3.66. The number of carbonyl (C=O) groups excluding carboxylic acids is 2. The van der Waals surface area contributed by atoms with E-state index in [9.17, 15) is 9.59 Å². The van der Waals surface area contributed by atoms with Gasteiger partial charge in [0.05, 0.1) is 5.70 Å². The second kappa shape index (κ2) is 7.24. The van der Waals surface area contributed by atoms with Gasteiger partial charge in [-0.3, -0.25) is 9.59 Å². The number of nitrogens with two attached hydrogens (primary N) is 1. The summed E-state index contributed by atoms with van der Waals surface area (Å²) in [6.07, 6.45) is 5.21. The Morgan fingerprint density at radius 3 is 2.21 bits per heavy atom. The molecule has 1 aliphatic carbocycles. The molecule has 1 rings (SSSR count). The summed E-state index contributed by atoms with van der Waals surface area (Å²) in [4.78, 5) is 25.8. The first-order chi connectivity index (χ1) is 9.04. The molecule has 2 N–H and O–H groups in total. The Morgan fingerprint density at radius 2 is 1.68 bits per heavy atom. The molecule has 0 aromatic heterocycles. The average molecular weight is 264 g/mol. The van der Waals surface area contributed by atoms with Crippen LogP contribution in [0.5, 0.6) is 0 Å². The number of rotatable bonds is 7. The van der Waals surface area contributed by atoms with Gasteiger partial charge in [0.1, 0.15) is 0 Å². The van der Waals surface area contributed by atoms with E-state index in [-0.39, 0.29) is 23.3 Å². The fraction of sp³-hybridized carbons (Fsp3) is 0.600. The lowest BCUT2D eigenvalue weighted by Crippen LogP contribution is -2.37. The zero-order chi connectivity index (χ0) is 14.4. The molecule has 1 unspecified atom stereocenters. The van der Waals surface area contributed by atoms with Gasteiger partial charge >= 0.3 is 0 Å². The van der Waals surface area contributed by atoms with Crippen molar-refractivity contribution in [3.63, 3.8) is 0 Å². The summed E-state index contributed by atoms with van der Waals surface area (Å²) < 4.78 is 0. The lowest BCUT2D eigenvalue weighted by atomic mass is 9.92. The molecule has 0 radical (unpaired) electrons. The number of ketones is 2. The van der Waals surface area contributed by atoms with E-state index in [4.69, 9.17) is 5.73 Å². The van der Waals surface area contributed by atoms with Crippen molar-refractivity contribution in [2.75, 3.05) is 13.1 Å². The molecule has 0 aromatic carbocycles. The van der Waals surface area contributed by atoms with Crippen LogP contribution in [-0.2, 0) is 9.59 Å². The van der Waals surface area contributed by atoms with Crippen molar-refractivity contribution >= 4 is 11.6 Å². The Hall–Kier alpha value is -1.42. The van der Waals surface area contributed by atoms with Crippen LogP contribution in [0.2, 0.25) is 0 Å². The quantitative estimate of drug-likeness (QED) is 0.712. The topological polar surface area (TPSA) is 63.4 Å². The van der Waals surface area contributed by atoms with Gasteiger partial charge in [-0.2, -0.15) is 0 Å². The predicted octanol–water partition coefficient (Wildman–Crippen LogP) is 1.81. The summed E-state index contributed by atoms with van der Waals surface area (Å²) in [7, 11) is 0. The third-order valence-electron chi connectivity index (χ3n) is 3.66. The molecule has 0 saturated carbocycles. The van der Waals surface area contributed by atoms with Gasteiger partial charge < -0.3 is 10.6 Å². The molecule has 1 aliphatic rings. The molecule has 4 heteroatoms. The molecule has 0 aromatic rings. The molecule has 1 atom stereocenters. The van der Waals surface area contributed by atoms with Gasteiger partial charge in [-0.1, -0.05) is 27.2 Å². The monoisotopic (exact) mass is 264 g/mol. The van der Waals surface area contributed by atoms with Crippen molar-refractivity contribution in [1.29, 1.82) is 0 Å². The minimum atomic E-state index is -0.246. The van der Waals surface area contributed by atoms with E-state index >= 15 is 0 Å². The summed E-state index contributed by atoms with van der Waals surface area (Å²) in [5.41, 5.74) is 6.39. The van der Waals surface area contributed by atoms with Gasteiger partial charge in [0, 0.05) is 11.6 Å². The summed E-state index contributed by atoms with van der Waals surface area (Å²) >= 11 is 0. The summed E-state index contributed by atoms with van der Waals surface area (Å²) in [6, 6.07) is 0.275. The predicted molar refractivity (Wildman–Crippen MR) is 76.6 cm³/mol. The van der Waals surface area contributed by atoms with Crippen molar-refractivity contribution in [3.8, 4) is 0 Å². The van der Waals surface area contributed by atoms with E-state index in [1.807, 2.05) is 0 Å². The molecule has 0 bridgehead atoms. The minimum Gasteiger partial charge on any atom is -0.395 e. The first-order valence-corrected chi connectivity index (χ1v) is 7.04. The van der Waals surface area contributed by atoms with Crippen LogP contribution < -0.4 is 5.73 Å². The van der Waals surface area contributed by atoms with Crippen LogP contribution in [0.4, 0.5) is 0 Å². The maximum absolute atomic E-state index is 11.9. The average Bonchev–Trinajstić information content (AvgIpc) is 2.40. The molecule has 0 fully saturated rings. The summed E-state index contributed by atoms with van der Waals surface area (Å²) in [5, 5.41) is 0. The third kappa shape index (κ3) is 3.77. The standard InChI is InChI=1S/C15H24N2O2/c1-4-7-11(17(5-2)6-3)10-12-13(18)8-9-14(19)15(12)16/h8-9,11H,4-7,10,16H2,1-3H3. The van der Waals surface area contributed by atoms with E-state index in [0.717, 1.165) is 25.9 Å². The van der Waals surface area contributed by atoms with E-state index < -0.39 is 0 Å². The normalized spacial score (nSPS) is 17.5. The molecule has 4 nitrogen and oxygen atoms in total. The number of nitrogens with zero attached hydrogens (tertiary/aromatic N) is 1. The first kappa shape index (κ1) is 15.6. The number of allylic oxidation sites excluding steroid dienone is 2. The fourth-order valence-electron chi connectivity index (χ4n) is 2.56. The van der Waals surface area contributed by atoms with Gasteiger partial charge in [-0.05, 0) is 38.1 Å². The Kier molecular flexibility index (Phi) is 5.96. The van der Waals surface area contributed by atoms with Crippen LogP contribution in [0.15, 0.2) is 23.4 Å². The van der Waals surface area contributed by atoms with Gasteiger partial charge in [-0.25, -0.2) is 0 Å². The molecule has 106 valence electrons. The number of hydrogen-bond donors (Lipinski definition) is 1. The van der Waals surface area contributed by atoms with Crippen molar-refractivity contribution < 1.29 is 9.59 Å². The highest BCUT2D eigenvalue weighted by atomic mass is 16.1. The number of hydrogen-bond acceptors (Lipinski definition) is 4. The fourth-order valence-corrected chi connectivity index (χ4v) is 2.56. The molecular formula is C15H24N2O2. The van der Waals surface area contributed by atoms with Crippen LogP contribution in [0, 0.1) is 0 Å². The largest absolute Gasteiger partial charge is 0.395 e. The maximum atomic E-state index is 11.9. The van der Waals surface area contributed by atoms with Crippen LogP contribution in [0.25, 0.3) is 0 Å². The second-order valence-electron chi connectivity index (χ2n) is 4.82. The van der Waals surface area contributed by atoms with Crippen LogP contribution in [0.3, 0.4) is 0 Å². The minimum absolute atomic E-state index is 0.120. The Bertz CT molecular complexity index is 406. The maximum Gasteiger partial charge on any atom is 0.202 e. The van der Waals surface area contributed by atoms with Gasteiger partial charge in [0.15, 0.2) is 5.78 Å². The smallest absolute Gasteiger partial charge is 0.202 e. The zero-order valence-corrected chi connectivity index (χ0v) is 12.1. The molecule has 0 amide bonds. The molecule has 0 aliphatic heterocycles. The number of carbonyl (C=O) groups is 2. The van der Waals surface area contributed by atoms with E-state index in [1.54, 1.807) is 0 Å². The molecule has 0 heterocycles. The van der Waals surface area contributed by atoms with Crippen LogP contribution in [0.1, 0.15) is 40.0 Å². The lowest BCUT2D eigenvalue weighted by Gasteiger charge is -2.30. The molecular weight excluding hydrogens is 240 g/mol. The SMILES string of the molecule is CCCC(CC1=C(N)C(=O)C=CC1=O)N(CC)CC. The Labute approximate surface area is 115 Å².